The van der Waals surface area contributed by atoms with Crippen LogP contribution in [0.2, 0.25) is 5.02 Å². The summed E-state index contributed by atoms with van der Waals surface area (Å²) in [5.74, 6) is -0.449. The molecule has 0 unspecified atom stereocenters. The Bertz CT molecular complexity index is 1470. The minimum atomic E-state index is -3.57. The zero-order chi connectivity index (χ0) is 26.6. The van der Waals surface area contributed by atoms with Crippen LogP contribution in [0.3, 0.4) is 0 Å². The predicted molar refractivity (Wildman–Crippen MR) is 145 cm³/mol. The lowest BCUT2D eigenvalue weighted by Gasteiger charge is -2.29. The van der Waals surface area contributed by atoms with E-state index in [9.17, 15) is 21.6 Å². The van der Waals surface area contributed by atoms with Gasteiger partial charge in [-0.2, -0.15) is 0 Å². The fourth-order valence-electron chi connectivity index (χ4n) is 4.03. The zero-order valence-corrected chi connectivity index (χ0v) is 23.5. The van der Waals surface area contributed by atoms with Gasteiger partial charge in [-0.05, 0) is 42.8 Å². The van der Waals surface area contributed by atoms with Gasteiger partial charge in [0.2, 0.25) is 5.91 Å². The maximum atomic E-state index is 13.4. The Labute approximate surface area is 225 Å². The molecule has 1 aliphatic rings. The number of hydrogen-bond donors (Lipinski definition) is 0. The largest absolute Gasteiger partial charge is 0.379 e. The van der Waals surface area contributed by atoms with Gasteiger partial charge in [-0.15, -0.1) is 0 Å². The molecular formula is C24H28ClN3O6S3. The number of hydrogen-bond acceptors (Lipinski definition) is 9. The molecule has 0 saturated carbocycles. The molecule has 0 atom stereocenters. The molecule has 1 aliphatic heterocycles. The normalized spacial score (nSPS) is 15.2. The first kappa shape index (κ1) is 27.9. The van der Waals surface area contributed by atoms with Gasteiger partial charge in [0.25, 0.3) is 0 Å². The van der Waals surface area contributed by atoms with Crippen molar-refractivity contribution in [2.45, 2.75) is 22.6 Å². The predicted octanol–water partition coefficient (Wildman–Crippen LogP) is 3.27. The number of morpholine rings is 1. The number of fused-ring (bicyclic) bond motifs is 1. The van der Waals surface area contributed by atoms with E-state index >= 15 is 0 Å². The van der Waals surface area contributed by atoms with Gasteiger partial charge in [0.15, 0.2) is 24.8 Å². The lowest BCUT2D eigenvalue weighted by molar-refractivity contribution is -0.118. The fourth-order valence-corrected chi connectivity index (χ4v) is 7.40. The second kappa shape index (κ2) is 11.7. The molecule has 1 amide bonds. The molecule has 1 aromatic heterocycles. The molecule has 4 rings (SSSR count). The van der Waals surface area contributed by atoms with Gasteiger partial charge in [0, 0.05) is 43.9 Å². The minimum absolute atomic E-state index is 0.00475. The van der Waals surface area contributed by atoms with E-state index in [4.69, 9.17) is 16.3 Å². The Morgan fingerprint density at radius 3 is 2.49 bits per heavy atom. The lowest BCUT2D eigenvalue weighted by atomic mass is 10.3. The van der Waals surface area contributed by atoms with Crippen LogP contribution < -0.4 is 4.90 Å². The van der Waals surface area contributed by atoms with Gasteiger partial charge in [-0.3, -0.25) is 14.6 Å². The average molecular weight is 586 g/mol. The van der Waals surface area contributed by atoms with Crippen molar-refractivity contribution in [3.63, 3.8) is 0 Å². The Kier molecular flexibility index (Phi) is 8.87. The molecule has 0 N–H and O–H groups in total. The van der Waals surface area contributed by atoms with E-state index in [2.05, 4.69) is 9.88 Å². The smallest absolute Gasteiger partial charge is 0.228 e. The first-order chi connectivity index (χ1) is 17.5. The van der Waals surface area contributed by atoms with Crippen LogP contribution in [0, 0.1) is 0 Å². The van der Waals surface area contributed by atoms with Crippen LogP contribution in [0.1, 0.15) is 12.8 Å². The number of benzene rings is 2. The molecule has 13 heteroatoms. The van der Waals surface area contributed by atoms with Crippen LogP contribution >= 0.6 is 22.9 Å². The summed E-state index contributed by atoms with van der Waals surface area (Å²) in [5, 5.41) is 0.838. The molecule has 3 aromatic rings. The maximum absolute atomic E-state index is 13.4. The highest BCUT2D eigenvalue weighted by Gasteiger charge is 2.24. The van der Waals surface area contributed by atoms with Gasteiger partial charge in [-0.25, -0.2) is 21.8 Å². The summed E-state index contributed by atoms with van der Waals surface area (Å²) in [4.78, 5) is 21.9. The zero-order valence-electron chi connectivity index (χ0n) is 20.3. The van der Waals surface area contributed by atoms with Crippen molar-refractivity contribution in [1.29, 1.82) is 0 Å². The quantitative estimate of drug-likeness (QED) is 0.356. The van der Waals surface area contributed by atoms with Crippen LogP contribution in [0.25, 0.3) is 10.2 Å². The number of sulfone groups is 2. The number of amides is 1. The van der Waals surface area contributed by atoms with Gasteiger partial charge in [-0.1, -0.05) is 29.0 Å². The molecule has 2 heterocycles. The number of thiazole rings is 1. The Morgan fingerprint density at radius 2 is 1.81 bits per heavy atom. The third kappa shape index (κ3) is 7.06. The molecule has 0 aliphatic carbocycles. The summed E-state index contributed by atoms with van der Waals surface area (Å²) >= 11 is 7.10. The average Bonchev–Trinajstić information content (AvgIpc) is 3.28. The van der Waals surface area contributed by atoms with Gasteiger partial charge in [0.05, 0.1) is 33.5 Å². The van der Waals surface area contributed by atoms with Crippen molar-refractivity contribution in [3.8, 4) is 0 Å². The van der Waals surface area contributed by atoms with E-state index in [1.165, 1.54) is 41.7 Å². The number of carbonyl (C=O) groups is 1. The van der Waals surface area contributed by atoms with E-state index in [0.717, 1.165) is 19.3 Å². The molecule has 1 saturated heterocycles. The van der Waals surface area contributed by atoms with Crippen LogP contribution in [0.5, 0.6) is 0 Å². The minimum Gasteiger partial charge on any atom is -0.379 e. The monoisotopic (exact) mass is 585 g/mol. The van der Waals surface area contributed by atoms with Crippen LogP contribution in [-0.2, 0) is 29.2 Å². The Balaban J connectivity index is 1.53. The molecule has 0 radical (unpaired) electrons. The molecule has 200 valence electrons. The topological polar surface area (TPSA) is 114 Å². The van der Waals surface area contributed by atoms with Crippen LogP contribution in [0.15, 0.2) is 52.3 Å². The second-order valence-corrected chi connectivity index (χ2v) is 14.3. The van der Waals surface area contributed by atoms with Crippen molar-refractivity contribution >= 4 is 63.9 Å². The van der Waals surface area contributed by atoms with Crippen molar-refractivity contribution in [2.24, 2.45) is 0 Å². The van der Waals surface area contributed by atoms with Crippen molar-refractivity contribution in [2.75, 3.05) is 56.3 Å². The summed E-state index contributed by atoms with van der Waals surface area (Å²) < 4.78 is 56.0. The summed E-state index contributed by atoms with van der Waals surface area (Å²) in [6, 6.07) is 10.9. The fraction of sp³-hybridized carbons (Fsp3) is 0.417. The van der Waals surface area contributed by atoms with Crippen molar-refractivity contribution in [1.82, 2.24) is 9.88 Å². The number of rotatable bonds is 10. The van der Waals surface area contributed by atoms with E-state index in [1.54, 1.807) is 17.0 Å². The number of aromatic nitrogens is 1. The molecule has 0 spiro atoms. The molecule has 9 nitrogen and oxygen atoms in total. The number of ether oxygens (including phenoxy) is 1. The molecule has 2 aromatic carbocycles. The van der Waals surface area contributed by atoms with E-state index in [1.807, 2.05) is 0 Å². The number of carbonyl (C=O) groups excluding carboxylic acids is 1. The third-order valence-corrected chi connectivity index (χ3v) is 10.3. The molecule has 1 fully saturated rings. The molecule has 37 heavy (non-hydrogen) atoms. The Morgan fingerprint density at radius 1 is 1.11 bits per heavy atom. The highest BCUT2D eigenvalue weighted by atomic mass is 35.5. The molecule has 0 bridgehead atoms. The van der Waals surface area contributed by atoms with Gasteiger partial charge >= 0.3 is 0 Å². The highest BCUT2D eigenvalue weighted by Crippen LogP contribution is 2.33. The lowest BCUT2D eigenvalue weighted by Crippen LogP contribution is -2.43. The summed E-state index contributed by atoms with van der Waals surface area (Å²) in [6.45, 7) is 3.67. The number of anilines is 1. The van der Waals surface area contributed by atoms with Crippen LogP contribution in [0.4, 0.5) is 5.13 Å². The van der Waals surface area contributed by atoms with E-state index in [0.29, 0.717) is 46.7 Å². The summed E-state index contributed by atoms with van der Waals surface area (Å²) in [5.41, 5.74) is 0.333. The third-order valence-electron chi connectivity index (χ3n) is 6.02. The standard InChI is InChI=1S/C24H28ClN3O6S3/c1-36(30,31)21-5-2-4-20-23(21)26-24(35-20)28(12-11-27-13-15-34-16-14-27)22(29)6-3-17-37(32,33)19-9-7-18(25)8-10-19/h2,4-5,7-10H,3,6,11-17H2,1H3. The summed E-state index contributed by atoms with van der Waals surface area (Å²) in [6.07, 6.45) is 1.27. The highest BCUT2D eigenvalue weighted by molar-refractivity contribution is 7.91. The maximum Gasteiger partial charge on any atom is 0.228 e. The first-order valence-electron chi connectivity index (χ1n) is 11.7. The van der Waals surface area contributed by atoms with E-state index < -0.39 is 19.7 Å². The van der Waals surface area contributed by atoms with Crippen molar-refractivity contribution in [3.05, 3.63) is 47.5 Å². The summed E-state index contributed by atoms with van der Waals surface area (Å²) in [7, 11) is -7.07. The molecular weight excluding hydrogens is 558 g/mol. The Hall–Kier alpha value is -2.09. The first-order valence-corrected chi connectivity index (χ1v) is 16.5. The number of para-hydroxylation sites is 1. The van der Waals surface area contributed by atoms with Gasteiger partial charge < -0.3 is 4.74 Å². The van der Waals surface area contributed by atoms with Crippen molar-refractivity contribution < 1.29 is 26.4 Å². The number of nitrogens with zero attached hydrogens (tertiary/aromatic N) is 3. The number of halogens is 1. The van der Waals surface area contributed by atoms with E-state index in [-0.39, 0.29) is 34.3 Å². The second-order valence-electron chi connectivity index (χ2n) is 8.75. The van der Waals surface area contributed by atoms with Crippen LogP contribution in [-0.4, -0.2) is 84.0 Å². The van der Waals surface area contributed by atoms with Gasteiger partial charge in [0.1, 0.15) is 5.52 Å². The SMILES string of the molecule is CS(=O)(=O)c1cccc2sc(N(CCN3CCOCC3)C(=O)CCCS(=O)(=O)c3ccc(Cl)cc3)nc12.